The van der Waals surface area contributed by atoms with E-state index < -0.39 is 10.0 Å². The monoisotopic (exact) mass is 661 g/mol. The van der Waals surface area contributed by atoms with Gasteiger partial charge in [-0.2, -0.15) is 5.10 Å². The Morgan fingerprint density at radius 2 is 1.76 bits per heavy atom. The minimum Gasteiger partial charge on any atom is -0.377 e. The highest BCUT2D eigenvalue weighted by Crippen LogP contribution is 2.39. The Morgan fingerprint density at radius 1 is 0.956 bits per heavy atom. The van der Waals surface area contributed by atoms with E-state index in [4.69, 9.17) is 19.3 Å². The van der Waals surface area contributed by atoms with Gasteiger partial charge in [0.1, 0.15) is 15.7 Å². The molecule has 0 saturated carbocycles. The molecule has 0 unspecified atom stereocenters. The molecule has 45 heavy (non-hydrogen) atoms. The van der Waals surface area contributed by atoms with Crippen LogP contribution >= 0.6 is 22.7 Å². The molecule has 1 aromatic carbocycles. The fraction of sp³-hybridized carbons (Fsp3) is 0.303. The van der Waals surface area contributed by atoms with E-state index in [1.807, 2.05) is 50.6 Å². The maximum Gasteiger partial charge on any atom is 0.273 e. The number of aromatic nitrogens is 4. The summed E-state index contributed by atoms with van der Waals surface area (Å²) in [6.45, 7) is 14.9. The van der Waals surface area contributed by atoms with Gasteiger partial charge < -0.3 is 9.26 Å². The number of nitrogens with zero attached hydrogens (tertiary/aromatic N) is 4. The van der Waals surface area contributed by atoms with Crippen LogP contribution in [0.3, 0.4) is 0 Å². The SMILES string of the molecule is CCOCc1cc(Cn2nc(-c3ccc(C)s3)c3c(C)nc(C)cc32)ccc1-c1cc(C)sc1S(=O)(=O)Nc1noc(C)c1C. The highest BCUT2D eigenvalue weighted by Gasteiger charge is 2.27. The summed E-state index contributed by atoms with van der Waals surface area (Å²) >= 11 is 2.95. The Hall–Kier alpha value is -3.84. The van der Waals surface area contributed by atoms with Crippen molar-refractivity contribution in [2.75, 3.05) is 11.3 Å². The molecule has 5 aromatic heterocycles. The van der Waals surface area contributed by atoms with Crippen LogP contribution < -0.4 is 4.72 Å². The molecule has 0 aliphatic carbocycles. The Labute approximate surface area is 270 Å². The summed E-state index contributed by atoms with van der Waals surface area (Å²) in [6, 6.07) is 14.4. The van der Waals surface area contributed by atoms with Crippen LogP contribution in [-0.2, 0) is 27.9 Å². The van der Waals surface area contributed by atoms with Gasteiger partial charge in [-0.3, -0.25) is 14.4 Å². The van der Waals surface area contributed by atoms with E-state index in [-0.39, 0.29) is 10.0 Å². The van der Waals surface area contributed by atoms with Crippen molar-refractivity contribution < 1.29 is 17.7 Å². The van der Waals surface area contributed by atoms with Crippen LogP contribution in [0.4, 0.5) is 5.82 Å². The van der Waals surface area contributed by atoms with E-state index in [9.17, 15) is 8.42 Å². The first-order valence-electron chi connectivity index (χ1n) is 14.6. The topological polar surface area (TPSA) is 112 Å². The molecule has 12 heteroatoms. The fourth-order valence-corrected chi connectivity index (χ4v) is 9.02. The Bertz CT molecular complexity index is 2150. The molecule has 0 bridgehead atoms. The van der Waals surface area contributed by atoms with Crippen molar-refractivity contribution >= 4 is 49.4 Å². The first-order valence-corrected chi connectivity index (χ1v) is 17.7. The first kappa shape index (κ1) is 31.2. The molecule has 0 spiro atoms. The number of sulfonamides is 1. The van der Waals surface area contributed by atoms with Crippen molar-refractivity contribution in [3.63, 3.8) is 0 Å². The molecular weight excluding hydrogens is 627 g/mol. The Morgan fingerprint density at radius 3 is 2.44 bits per heavy atom. The average molecular weight is 662 g/mol. The van der Waals surface area contributed by atoms with Crippen LogP contribution in [-0.4, -0.2) is 34.9 Å². The van der Waals surface area contributed by atoms with Crippen LogP contribution in [0.15, 0.2) is 51.2 Å². The van der Waals surface area contributed by atoms with Gasteiger partial charge in [-0.15, -0.1) is 22.7 Å². The summed E-state index contributed by atoms with van der Waals surface area (Å²) < 4.78 is 43.3. The van der Waals surface area contributed by atoms with Crippen molar-refractivity contribution in [2.45, 2.75) is 65.8 Å². The van der Waals surface area contributed by atoms with E-state index in [1.165, 1.54) is 16.2 Å². The number of rotatable bonds is 10. The number of fused-ring (bicyclic) bond motifs is 1. The predicted molar refractivity (Wildman–Crippen MR) is 181 cm³/mol. The van der Waals surface area contributed by atoms with Gasteiger partial charge >= 0.3 is 0 Å². The first-order chi connectivity index (χ1) is 21.4. The Balaban J connectivity index is 1.41. The van der Waals surface area contributed by atoms with Crippen molar-refractivity contribution in [2.24, 2.45) is 0 Å². The summed E-state index contributed by atoms with van der Waals surface area (Å²) in [5.74, 6) is 0.757. The van der Waals surface area contributed by atoms with Crippen molar-refractivity contribution in [1.82, 2.24) is 19.9 Å². The van der Waals surface area contributed by atoms with Crippen molar-refractivity contribution in [1.29, 1.82) is 0 Å². The van der Waals surface area contributed by atoms with E-state index in [0.717, 1.165) is 54.4 Å². The summed E-state index contributed by atoms with van der Waals surface area (Å²) in [5.41, 5.74) is 7.88. The van der Waals surface area contributed by atoms with Gasteiger partial charge in [-0.1, -0.05) is 23.4 Å². The van der Waals surface area contributed by atoms with Crippen molar-refractivity contribution in [3.8, 4) is 21.7 Å². The maximum atomic E-state index is 13.7. The maximum absolute atomic E-state index is 13.7. The van der Waals surface area contributed by atoms with E-state index in [0.29, 0.717) is 36.6 Å². The smallest absolute Gasteiger partial charge is 0.273 e. The number of hydrogen-bond acceptors (Lipinski definition) is 9. The predicted octanol–water partition coefficient (Wildman–Crippen LogP) is 8.11. The number of thiophene rings is 2. The highest BCUT2D eigenvalue weighted by atomic mass is 32.2. The zero-order chi connectivity index (χ0) is 32.0. The molecular formula is C33H35N5O4S3. The average Bonchev–Trinajstić information content (AvgIpc) is 3.76. The highest BCUT2D eigenvalue weighted by molar-refractivity contribution is 7.94. The molecule has 0 aliphatic heterocycles. The van der Waals surface area contributed by atoms with Crippen LogP contribution in [0.25, 0.3) is 32.6 Å². The van der Waals surface area contributed by atoms with Gasteiger partial charge in [0, 0.05) is 38.9 Å². The molecule has 0 atom stereocenters. The molecule has 1 N–H and O–H groups in total. The van der Waals surface area contributed by atoms with Gasteiger partial charge in [0.15, 0.2) is 5.82 Å². The summed E-state index contributed by atoms with van der Waals surface area (Å²) in [5, 5.41) is 10.1. The number of benzene rings is 1. The number of hydrogen-bond donors (Lipinski definition) is 1. The summed E-state index contributed by atoms with van der Waals surface area (Å²) in [6.07, 6.45) is 0. The third-order valence-electron chi connectivity index (χ3n) is 7.72. The van der Waals surface area contributed by atoms with E-state index >= 15 is 0 Å². The zero-order valence-electron chi connectivity index (χ0n) is 26.3. The second-order valence-electron chi connectivity index (χ2n) is 11.2. The molecule has 0 saturated heterocycles. The molecule has 5 heterocycles. The van der Waals surface area contributed by atoms with E-state index in [1.54, 1.807) is 25.2 Å². The van der Waals surface area contributed by atoms with Crippen LogP contribution in [0.2, 0.25) is 0 Å². The third kappa shape index (κ3) is 6.07. The molecule has 0 aliphatic rings. The van der Waals surface area contributed by atoms with Crippen LogP contribution in [0.5, 0.6) is 0 Å². The van der Waals surface area contributed by atoms with Gasteiger partial charge in [0.05, 0.1) is 28.9 Å². The molecule has 0 fully saturated rings. The van der Waals surface area contributed by atoms with Gasteiger partial charge in [0.25, 0.3) is 10.0 Å². The largest absolute Gasteiger partial charge is 0.377 e. The molecule has 0 amide bonds. The number of anilines is 1. The minimum absolute atomic E-state index is 0.193. The lowest BCUT2D eigenvalue weighted by atomic mass is 9.99. The second kappa shape index (κ2) is 12.2. The Kier molecular flexibility index (Phi) is 8.42. The summed E-state index contributed by atoms with van der Waals surface area (Å²) in [4.78, 5) is 7.97. The quantitative estimate of drug-likeness (QED) is 0.158. The molecule has 9 nitrogen and oxygen atoms in total. The standard InChI is InChI=1S/C33H35N5O4S3/c1-8-41-17-25-15-24(16-38-28-13-18(2)34-22(6)30(28)31(35-38)29-12-9-19(3)43-29)10-11-26(25)27-14-20(4)44-33(27)45(39,40)37-32-21(5)23(7)42-36-32/h9-15H,8,16-17H2,1-7H3,(H,36,37). The minimum atomic E-state index is -3.94. The normalized spacial score (nSPS) is 12.0. The van der Waals surface area contributed by atoms with Crippen LogP contribution in [0, 0.1) is 41.5 Å². The lowest BCUT2D eigenvalue weighted by molar-refractivity contribution is 0.134. The number of pyridine rings is 1. The van der Waals surface area contributed by atoms with E-state index in [2.05, 4.69) is 41.1 Å². The lowest BCUT2D eigenvalue weighted by Crippen LogP contribution is -2.13. The molecule has 234 valence electrons. The van der Waals surface area contributed by atoms with Crippen molar-refractivity contribution in [3.05, 3.63) is 86.1 Å². The third-order valence-corrected chi connectivity index (χ3v) is 11.7. The molecule has 0 radical (unpaired) electrons. The number of aryl methyl sites for hydroxylation is 5. The second-order valence-corrected chi connectivity index (χ2v) is 15.6. The molecule has 6 rings (SSSR count). The van der Waals surface area contributed by atoms with Gasteiger partial charge in [-0.25, -0.2) is 8.42 Å². The molecule has 6 aromatic rings. The van der Waals surface area contributed by atoms with Crippen LogP contribution in [0.1, 0.15) is 50.5 Å². The lowest BCUT2D eigenvalue weighted by Gasteiger charge is -2.14. The number of nitrogens with one attached hydrogen (secondary N) is 1. The van der Waals surface area contributed by atoms with Gasteiger partial charge in [0.2, 0.25) is 0 Å². The van der Waals surface area contributed by atoms with Gasteiger partial charge in [-0.05, 0) is 89.4 Å². The number of ether oxygens (including phenoxy) is 1. The fourth-order valence-electron chi connectivity index (χ4n) is 5.46. The summed E-state index contributed by atoms with van der Waals surface area (Å²) in [7, 11) is -3.94. The zero-order valence-corrected chi connectivity index (χ0v) is 28.8.